The molecule has 0 spiro atoms. The van der Waals surface area contributed by atoms with Crippen LogP contribution in [0.15, 0.2) is 4.52 Å². The number of aliphatic carboxylic acids is 1. The summed E-state index contributed by atoms with van der Waals surface area (Å²) in [6.07, 6.45) is 0.805. The molecule has 0 bridgehead atoms. The van der Waals surface area contributed by atoms with Crippen LogP contribution in [0, 0.1) is 0 Å². The second-order valence-corrected chi connectivity index (χ2v) is 6.97. The van der Waals surface area contributed by atoms with Gasteiger partial charge in [-0.25, -0.2) is 0 Å². The van der Waals surface area contributed by atoms with E-state index >= 15 is 0 Å². The Bertz CT molecular complexity index is 648. The van der Waals surface area contributed by atoms with Crippen molar-refractivity contribution >= 4 is 16.2 Å². The molecule has 0 aromatic carbocycles. The summed E-state index contributed by atoms with van der Waals surface area (Å²) >= 11 is 0. The van der Waals surface area contributed by atoms with Gasteiger partial charge in [0, 0.05) is 0 Å². The van der Waals surface area contributed by atoms with Crippen molar-refractivity contribution in [3.63, 3.8) is 0 Å². The third kappa shape index (κ3) is 7.41. The highest BCUT2D eigenvalue weighted by molar-refractivity contribution is 7.87. The lowest BCUT2D eigenvalue weighted by molar-refractivity contribution is -0.141. The van der Waals surface area contributed by atoms with Crippen LogP contribution in [-0.4, -0.2) is 53.4 Å². The summed E-state index contributed by atoms with van der Waals surface area (Å²) in [6.45, 7) is 1.35. The van der Waals surface area contributed by atoms with Crippen LogP contribution < -0.4 is 20.9 Å². The first kappa shape index (κ1) is 21.4. The van der Waals surface area contributed by atoms with Crippen LogP contribution in [0.5, 0.6) is 0 Å². The van der Waals surface area contributed by atoms with E-state index in [9.17, 15) is 18.3 Å². The topological polar surface area (TPSA) is 207 Å². The Morgan fingerprint density at radius 1 is 1.40 bits per heavy atom. The summed E-state index contributed by atoms with van der Waals surface area (Å²) in [5, 5.41) is 21.8. The molecule has 0 saturated heterocycles. The van der Waals surface area contributed by atoms with Gasteiger partial charge < -0.3 is 26.2 Å². The molecule has 0 fully saturated rings. The van der Waals surface area contributed by atoms with Gasteiger partial charge in [-0.2, -0.15) is 22.8 Å². The van der Waals surface area contributed by atoms with E-state index in [1.807, 2.05) is 4.72 Å². The molecule has 144 valence electrons. The summed E-state index contributed by atoms with van der Waals surface area (Å²) in [7, 11) is -4.21. The number of carboxylic acids is 1. The minimum absolute atomic E-state index is 0.0291. The van der Waals surface area contributed by atoms with E-state index in [4.69, 9.17) is 21.1 Å². The van der Waals surface area contributed by atoms with Crippen molar-refractivity contribution < 1.29 is 27.9 Å². The van der Waals surface area contributed by atoms with Crippen molar-refractivity contribution in [3.8, 4) is 0 Å². The fourth-order valence-corrected chi connectivity index (χ4v) is 2.88. The lowest BCUT2D eigenvalue weighted by atomic mass is 10.1. The van der Waals surface area contributed by atoms with Crippen LogP contribution in [0.25, 0.3) is 0 Å². The third-order valence-corrected chi connectivity index (χ3v) is 4.32. The van der Waals surface area contributed by atoms with E-state index < -0.39 is 34.4 Å². The van der Waals surface area contributed by atoms with Gasteiger partial charge in [0.15, 0.2) is 5.82 Å². The number of carboxylic acid groups (broad SMARTS) is 1. The van der Waals surface area contributed by atoms with Crippen LogP contribution in [-0.2, 0) is 21.5 Å². The first-order valence-electron chi connectivity index (χ1n) is 7.62. The molecule has 8 N–H and O–H groups in total. The molecule has 1 heterocycles. The van der Waals surface area contributed by atoms with Crippen molar-refractivity contribution in [1.29, 1.82) is 0 Å². The van der Waals surface area contributed by atoms with Gasteiger partial charge >= 0.3 is 5.97 Å². The molecule has 2 unspecified atom stereocenters. The fraction of sp³-hybridized carbons (Fsp3) is 0.750. The van der Waals surface area contributed by atoms with Crippen molar-refractivity contribution in [2.45, 2.75) is 50.9 Å². The minimum atomic E-state index is -4.21. The maximum absolute atomic E-state index is 11.8. The van der Waals surface area contributed by atoms with Crippen LogP contribution in [0.2, 0.25) is 0 Å². The molecule has 12 nitrogen and oxygen atoms in total. The number of nitrogens with one attached hydrogen (secondary N) is 2. The number of nitrogens with two attached hydrogens (primary N) is 2. The Kier molecular flexibility index (Phi) is 8.34. The highest BCUT2D eigenvalue weighted by Crippen LogP contribution is 2.13. The van der Waals surface area contributed by atoms with Gasteiger partial charge in [0.2, 0.25) is 5.89 Å². The summed E-state index contributed by atoms with van der Waals surface area (Å²) in [4.78, 5) is 14.9. The Morgan fingerprint density at radius 3 is 2.64 bits per heavy atom. The summed E-state index contributed by atoms with van der Waals surface area (Å²) in [5.74, 6) is -1.30. The smallest absolute Gasteiger partial charge is 0.324 e. The average molecular weight is 380 g/mol. The number of aromatic nitrogens is 2. The van der Waals surface area contributed by atoms with Crippen molar-refractivity contribution in [2.24, 2.45) is 11.5 Å². The maximum Gasteiger partial charge on any atom is 0.324 e. The number of nitrogens with zero attached hydrogens (tertiary/aromatic N) is 2. The predicted octanol–water partition coefficient (Wildman–Crippen LogP) is -2.04. The van der Waals surface area contributed by atoms with Crippen molar-refractivity contribution in [3.05, 3.63) is 11.7 Å². The van der Waals surface area contributed by atoms with Crippen LogP contribution in [0.1, 0.15) is 43.9 Å². The van der Waals surface area contributed by atoms with Crippen molar-refractivity contribution in [2.75, 3.05) is 6.54 Å². The third-order valence-electron chi connectivity index (χ3n) is 3.23. The molecule has 0 aliphatic heterocycles. The first-order chi connectivity index (χ1) is 11.7. The molecule has 0 aliphatic carbocycles. The zero-order valence-electron chi connectivity index (χ0n) is 13.8. The van der Waals surface area contributed by atoms with Gasteiger partial charge in [-0.1, -0.05) is 11.6 Å². The molecule has 1 aromatic heterocycles. The Balaban J connectivity index is 2.58. The highest BCUT2D eigenvalue weighted by atomic mass is 32.2. The second-order valence-electron chi connectivity index (χ2n) is 5.44. The quantitative estimate of drug-likeness (QED) is 0.219. The van der Waals surface area contributed by atoms with E-state index in [0.717, 1.165) is 19.8 Å². The molecular formula is C12H24N6O6S. The van der Waals surface area contributed by atoms with Gasteiger partial charge in [-0.3, -0.25) is 4.79 Å². The number of hydrogen-bond donors (Lipinski definition) is 6. The number of carbonyl (C=O) groups is 1. The maximum atomic E-state index is 11.8. The predicted molar refractivity (Wildman–Crippen MR) is 86.1 cm³/mol. The summed E-state index contributed by atoms with van der Waals surface area (Å²) in [6, 6.07) is -2.14. The Hall–Kier alpha value is -1.64. The molecular weight excluding hydrogens is 356 g/mol. The number of unbranched alkanes of at least 4 members (excludes halogenated alkanes) is 1. The number of aliphatic hydroxyl groups excluding tert-OH is 1. The molecule has 0 saturated carbocycles. The molecule has 1 rings (SSSR count). The molecule has 1 aromatic rings. The van der Waals surface area contributed by atoms with Gasteiger partial charge in [-0.15, -0.1) is 0 Å². The average Bonchev–Trinajstić information content (AvgIpc) is 2.99. The van der Waals surface area contributed by atoms with Gasteiger partial charge in [0.25, 0.3) is 10.2 Å². The van der Waals surface area contributed by atoms with E-state index in [1.165, 1.54) is 0 Å². The molecule has 25 heavy (non-hydrogen) atoms. The van der Waals surface area contributed by atoms with Crippen LogP contribution in [0.3, 0.4) is 0 Å². The van der Waals surface area contributed by atoms with Crippen molar-refractivity contribution in [1.82, 2.24) is 19.6 Å². The zero-order chi connectivity index (χ0) is 19.0. The highest BCUT2D eigenvalue weighted by Gasteiger charge is 2.28. The summed E-state index contributed by atoms with van der Waals surface area (Å²) in [5.41, 5.74) is 11.3. The van der Waals surface area contributed by atoms with E-state index in [1.54, 1.807) is 0 Å². The Morgan fingerprint density at radius 2 is 2.08 bits per heavy atom. The number of rotatable bonds is 12. The van der Waals surface area contributed by atoms with Gasteiger partial charge in [0.05, 0.1) is 18.7 Å². The normalized spacial score (nSPS) is 15.7. The molecule has 3 atom stereocenters. The van der Waals surface area contributed by atoms with Crippen LogP contribution in [0.4, 0.5) is 0 Å². The van der Waals surface area contributed by atoms with Gasteiger partial charge in [-0.05, 0) is 26.3 Å². The van der Waals surface area contributed by atoms with Crippen LogP contribution >= 0.6 is 0 Å². The molecule has 0 amide bonds. The zero-order valence-corrected chi connectivity index (χ0v) is 14.6. The largest absolute Gasteiger partial charge is 0.480 e. The number of aliphatic hydroxyl groups is 1. The lowest BCUT2D eigenvalue weighted by Gasteiger charge is -2.16. The van der Waals surface area contributed by atoms with E-state index in [2.05, 4.69) is 14.9 Å². The Labute approximate surface area is 145 Å². The minimum Gasteiger partial charge on any atom is -0.480 e. The molecule has 0 radical (unpaired) electrons. The van der Waals surface area contributed by atoms with E-state index in [-0.39, 0.29) is 18.3 Å². The van der Waals surface area contributed by atoms with Gasteiger partial charge in [0.1, 0.15) is 6.04 Å². The number of hydrogen-bond acceptors (Lipinski definition) is 9. The fourth-order valence-electron chi connectivity index (χ4n) is 1.85. The molecule has 13 heteroatoms. The standard InChI is InChI=1S/C12H24N6O6S/c1-7(19)10(12(20)21)18-25(22,23)15-6-9-16-11(17-24-9)8(14)4-2-3-5-13/h7-8,10,15,18-19H,2-6,13-14H2,1H3,(H,20,21)/t7?,8-,10?/m0/s1. The second kappa shape index (κ2) is 9.74. The first-order valence-corrected chi connectivity index (χ1v) is 9.10. The SMILES string of the molecule is CC(O)C(NS(=O)(=O)NCc1nc([C@@H](N)CCCCN)no1)C(=O)O. The molecule has 0 aliphatic rings. The lowest BCUT2D eigenvalue weighted by Crippen LogP contribution is -2.51. The van der Waals surface area contributed by atoms with E-state index in [0.29, 0.717) is 13.0 Å². The monoisotopic (exact) mass is 380 g/mol. The summed E-state index contributed by atoms with van der Waals surface area (Å²) < 4.78 is 32.4.